The molecule has 122 valence electrons. The fourth-order valence-electron chi connectivity index (χ4n) is 2.08. The SMILES string of the molecule is C=CCCOC(C)C(=O)N(CCO)Cc1ccccc1OC. The van der Waals surface area contributed by atoms with Crippen LogP contribution < -0.4 is 4.74 Å². The summed E-state index contributed by atoms with van der Waals surface area (Å²) in [6, 6.07) is 7.52. The van der Waals surface area contributed by atoms with Gasteiger partial charge in [-0.3, -0.25) is 4.79 Å². The molecule has 0 fully saturated rings. The van der Waals surface area contributed by atoms with E-state index in [1.165, 1.54) is 0 Å². The van der Waals surface area contributed by atoms with Crippen molar-refractivity contribution in [1.29, 1.82) is 0 Å². The fraction of sp³-hybridized carbons (Fsp3) is 0.471. The third-order valence-corrected chi connectivity index (χ3v) is 3.27. The number of para-hydroxylation sites is 1. The van der Waals surface area contributed by atoms with Crippen molar-refractivity contribution in [2.24, 2.45) is 0 Å². The van der Waals surface area contributed by atoms with Crippen LogP contribution in [0.1, 0.15) is 18.9 Å². The van der Waals surface area contributed by atoms with E-state index in [1.807, 2.05) is 24.3 Å². The molecule has 0 radical (unpaired) electrons. The van der Waals surface area contributed by atoms with E-state index in [9.17, 15) is 9.90 Å². The highest BCUT2D eigenvalue weighted by atomic mass is 16.5. The topological polar surface area (TPSA) is 59.0 Å². The quantitative estimate of drug-likeness (QED) is 0.530. The Hall–Kier alpha value is -1.85. The molecular weight excluding hydrogens is 282 g/mol. The van der Waals surface area contributed by atoms with Crippen LogP contribution in [0.25, 0.3) is 0 Å². The van der Waals surface area contributed by atoms with Gasteiger partial charge in [-0.05, 0) is 19.4 Å². The van der Waals surface area contributed by atoms with Gasteiger partial charge in [-0.15, -0.1) is 6.58 Å². The maximum atomic E-state index is 12.5. The predicted molar refractivity (Wildman–Crippen MR) is 85.7 cm³/mol. The molecule has 1 aromatic carbocycles. The maximum Gasteiger partial charge on any atom is 0.251 e. The molecule has 0 spiro atoms. The summed E-state index contributed by atoms with van der Waals surface area (Å²) in [5, 5.41) is 9.21. The summed E-state index contributed by atoms with van der Waals surface area (Å²) < 4.78 is 10.8. The number of ether oxygens (including phenoxy) is 2. The first-order valence-corrected chi connectivity index (χ1v) is 7.38. The van der Waals surface area contributed by atoms with Crippen LogP contribution in [0.15, 0.2) is 36.9 Å². The number of methoxy groups -OCH3 is 1. The van der Waals surface area contributed by atoms with Gasteiger partial charge >= 0.3 is 0 Å². The van der Waals surface area contributed by atoms with Gasteiger partial charge in [0.2, 0.25) is 0 Å². The molecule has 1 N–H and O–H groups in total. The standard InChI is InChI=1S/C17H25NO4/c1-4-5-12-22-14(2)17(20)18(10-11-19)13-15-8-6-7-9-16(15)21-3/h4,6-9,14,19H,1,5,10-13H2,2-3H3. The lowest BCUT2D eigenvalue weighted by Gasteiger charge is -2.26. The Balaban J connectivity index is 2.75. The van der Waals surface area contributed by atoms with E-state index >= 15 is 0 Å². The van der Waals surface area contributed by atoms with Crippen molar-refractivity contribution in [2.75, 3.05) is 26.9 Å². The Morgan fingerprint density at radius 3 is 2.82 bits per heavy atom. The van der Waals surface area contributed by atoms with Crippen LogP contribution in [-0.2, 0) is 16.1 Å². The molecule has 5 nitrogen and oxygen atoms in total. The maximum absolute atomic E-state index is 12.5. The number of amides is 1. The van der Waals surface area contributed by atoms with Gasteiger partial charge in [-0.2, -0.15) is 0 Å². The lowest BCUT2D eigenvalue weighted by Crippen LogP contribution is -2.40. The minimum Gasteiger partial charge on any atom is -0.496 e. The Morgan fingerprint density at radius 1 is 1.45 bits per heavy atom. The molecule has 0 saturated heterocycles. The van der Waals surface area contributed by atoms with E-state index < -0.39 is 6.10 Å². The second kappa shape index (κ2) is 9.97. The predicted octanol–water partition coefficient (Wildman–Crippen LogP) is 2.00. The molecule has 0 saturated carbocycles. The Labute approximate surface area is 132 Å². The number of aliphatic hydroxyl groups excluding tert-OH is 1. The Bertz CT molecular complexity index is 475. The van der Waals surface area contributed by atoms with Crippen molar-refractivity contribution >= 4 is 5.91 Å². The average molecular weight is 307 g/mol. The first kappa shape index (κ1) is 18.2. The summed E-state index contributed by atoms with van der Waals surface area (Å²) in [5.41, 5.74) is 0.894. The molecule has 0 aliphatic carbocycles. The zero-order chi connectivity index (χ0) is 16.4. The fourth-order valence-corrected chi connectivity index (χ4v) is 2.08. The number of benzene rings is 1. The first-order chi connectivity index (χ1) is 10.6. The zero-order valence-corrected chi connectivity index (χ0v) is 13.3. The smallest absolute Gasteiger partial charge is 0.251 e. The van der Waals surface area contributed by atoms with E-state index in [1.54, 1.807) is 25.0 Å². The first-order valence-electron chi connectivity index (χ1n) is 7.38. The number of rotatable bonds is 10. The monoisotopic (exact) mass is 307 g/mol. The van der Waals surface area contributed by atoms with Crippen molar-refractivity contribution in [1.82, 2.24) is 4.90 Å². The highest BCUT2D eigenvalue weighted by Gasteiger charge is 2.21. The molecule has 0 aliphatic heterocycles. The number of hydrogen-bond donors (Lipinski definition) is 1. The lowest BCUT2D eigenvalue weighted by atomic mass is 10.1. The van der Waals surface area contributed by atoms with Gasteiger partial charge < -0.3 is 19.5 Å². The van der Waals surface area contributed by atoms with Gasteiger partial charge in [0, 0.05) is 18.7 Å². The van der Waals surface area contributed by atoms with Gasteiger partial charge in [0.25, 0.3) is 5.91 Å². The van der Waals surface area contributed by atoms with Gasteiger partial charge in [-0.1, -0.05) is 24.3 Å². The summed E-state index contributed by atoms with van der Waals surface area (Å²) in [6.45, 7) is 6.33. The minimum absolute atomic E-state index is 0.0970. The third-order valence-electron chi connectivity index (χ3n) is 3.27. The number of aliphatic hydroxyl groups is 1. The highest BCUT2D eigenvalue weighted by molar-refractivity contribution is 5.80. The molecule has 1 unspecified atom stereocenters. The normalized spacial score (nSPS) is 11.8. The number of carbonyl (C=O) groups excluding carboxylic acids is 1. The molecule has 1 amide bonds. The van der Waals surface area contributed by atoms with Crippen LogP contribution in [0.5, 0.6) is 5.75 Å². The largest absolute Gasteiger partial charge is 0.496 e. The van der Waals surface area contributed by atoms with E-state index in [2.05, 4.69) is 6.58 Å². The van der Waals surface area contributed by atoms with Crippen molar-refractivity contribution in [2.45, 2.75) is 26.0 Å². The van der Waals surface area contributed by atoms with Crippen molar-refractivity contribution in [3.63, 3.8) is 0 Å². The van der Waals surface area contributed by atoms with Crippen LogP contribution >= 0.6 is 0 Å². The lowest BCUT2D eigenvalue weighted by molar-refractivity contribution is -0.143. The molecule has 0 heterocycles. The Kier molecular flexibility index (Phi) is 8.25. The van der Waals surface area contributed by atoms with Crippen molar-refractivity contribution in [3.8, 4) is 5.75 Å². The minimum atomic E-state index is -0.554. The molecule has 0 aromatic heterocycles. The van der Waals surface area contributed by atoms with Crippen LogP contribution in [0.4, 0.5) is 0 Å². The summed E-state index contributed by atoms with van der Waals surface area (Å²) in [5.74, 6) is 0.572. The molecule has 1 aromatic rings. The highest BCUT2D eigenvalue weighted by Crippen LogP contribution is 2.19. The van der Waals surface area contributed by atoms with E-state index in [0.29, 0.717) is 19.6 Å². The molecule has 0 aliphatic rings. The van der Waals surface area contributed by atoms with Crippen LogP contribution in [0.2, 0.25) is 0 Å². The number of carbonyl (C=O) groups is 1. The summed E-state index contributed by atoms with van der Waals surface area (Å²) in [6.07, 6.45) is 1.89. The molecule has 1 rings (SSSR count). The summed E-state index contributed by atoms with van der Waals surface area (Å²) in [4.78, 5) is 14.0. The summed E-state index contributed by atoms with van der Waals surface area (Å²) in [7, 11) is 1.60. The second-order valence-electron chi connectivity index (χ2n) is 4.89. The molecule has 1 atom stereocenters. The van der Waals surface area contributed by atoms with Crippen LogP contribution in [0.3, 0.4) is 0 Å². The number of nitrogens with zero attached hydrogens (tertiary/aromatic N) is 1. The average Bonchev–Trinajstić information content (AvgIpc) is 2.54. The van der Waals surface area contributed by atoms with Crippen LogP contribution in [0, 0.1) is 0 Å². The van der Waals surface area contributed by atoms with E-state index in [-0.39, 0.29) is 19.1 Å². The summed E-state index contributed by atoms with van der Waals surface area (Å²) >= 11 is 0. The van der Waals surface area contributed by atoms with Crippen molar-refractivity contribution in [3.05, 3.63) is 42.5 Å². The van der Waals surface area contributed by atoms with Gasteiger partial charge in [-0.25, -0.2) is 0 Å². The number of hydrogen-bond acceptors (Lipinski definition) is 4. The molecule has 22 heavy (non-hydrogen) atoms. The molecular formula is C17H25NO4. The van der Waals surface area contributed by atoms with E-state index in [0.717, 1.165) is 11.3 Å². The van der Waals surface area contributed by atoms with Gasteiger partial charge in [0.1, 0.15) is 11.9 Å². The molecule has 0 bridgehead atoms. The van der Waals surface area contributed by atoms with Crippen molar-refractivity contribution < 1.29 is 19.4 Å². The third kappa shape index (κ3) is 5.50. The second-order valence-corrected chi connectivity index (χ2v) is 4.89. The van der Waals surface area contributed by atoms with Gasteiger partial charge in [0.15, 0.2) is 0 Å². The Morgan fingerprint density at radius 2 is 2.18 bits per heavy atom. The van der Waals surface area contributed by atoms with Crippen LogP contribution in [-0.4, -0.2) is 48.9 Å². The van der Waals surface area contributed by atoms with Gasteiger partial charge in [0.05, 0.1) is 20.3 Å². The van der Waals surface area contributed by atoms with E-state index in [4.69, 9.17) is 9.47 Å². The zero-order valence-electron chi connectivity index (χ0n) is 13.3. The molecule has 5 heteroatoms.